The normalized spacial score (nSPS) is 11.9. The van der Waals surface area contributed by atoms with Crippen molar-refractivity contribution in [3.8, 4) is 0 Å². The van der Waals surface area contributed by atoms with E-state index in [4.69, 9.17) is 11.6 Å². The topological polar surface area (TPSA) is 82.2 Å². The Morgan fingerprint density at radius 2 is 2.40 bits per heavy atom. The molecule has 0 atom stereocenters. The Morgan fingerprint density at radius 1 is 1.70 bits per heavy atom. The number of hydrogen-bond acceptors (Lipinski definition) is 4. The summed E-state index contributed by atoms with van der Waals surface area (Å²) in [6.45, 7) is 0. The van der Waals surface area contributed by atoms with E-state index < -0.39 is 0 Å². The highest BCUT2D eigenvalue weighted by Gasteiger charge is 1.91. The van der Waals surface area contributed by atoms with Crippen LogP contribution in [0, 0.1) is 0 Å². The fraction of sp³-hybridized carbons (Fsp3) is 0.200. The largest absolute Gasteiger partial charge is 0.381 e. The Kier molecular flexibility index (Phi) is 1.57. The van der Waals surface area contributed by atoms with E-state index in [-0.39, 0.29) is 0 Å². The first-order chi connectivity index (χ1) is 4.75. The molecule has 1 aromatic rings. The second kappa shape index (κ2) is 2.38. The number of nitrogens with zero attached hydrogens (tertiary/aromatic N) is 3. The maximum Gasteiger partial charge on any atom is 0.194 e. The molecule has 54 valence electrons. The molecular weight excluding hydrogens is 130 g/mol. The maximum atomic E-state index is 5.43. The van der Waals surface area contributed by atoms with Crippen molar-refractivity contribution in [1.29, 1.82) is 0 Å². The summed E-state index contributed by atoms with van der Waals surface area (Å²) >= 11 is 0. The standard InChI is InChI=1S/C5H9N5/c1-10-3-2-8-4(6)5(10)9-7/h2-3H,7H2,1H3,(H2,6,8)/b9-5-. The van der Waals surface area contributed by atoms with Crippen LogP contribution in [0.25, 0.3) is 0 Å². The van der Waals surface area contributed by atoms with E-state index in [9.17, 15) is 0 Å². The molecule has 10 heavy (non-hydrogen) atoms. The summed E-state index contributed by atoms with van der Waals surface area (Å²) in [6.07, 6.45) is 3.31. The van der Waals surface area contributed by atoms with E-state index in [0.717, 1.165) is 0 Å². The van der Waals surface area contributed by atoms with Crippen LogP contribution in [0.4, 0.5) is 5.82 Å². The Balaban J connectivity index is 3.47. The van der Waals surface area contributed by atoms with Crippen LogP contribution in [0.15, 0.2) is 17.5 Å². The Morgan fingerprint density at radius 3 is 2.80 bits per heavy atom. The van der Waals surface area contributed by atoms with Gasteiger partial charge in [-0.05, 0) is 0 Å². The molecule has 1 rings (SSSR count). The van der Waals surface area contributed by atoms with Crippen LogP contribution in [-0.2, 0) is 7.05 Å². The minimum atomic E-state index is 0.340. The quantitative estimate of drug-likeness (QED) is 0.349. The lowest BCUT2D eigenvalue weighted by atomic mass is 10.6. The number of hydrogen-bond donors (Lipinski definition) is 2. The molecule has 0 fully saturated rings. The highest BCUT2D eigenvalue weighted by atomic mass is 15.2. The van der Waals surface area contributed by atoms with Gasteiger partial charge in [-0.3, -0.25) is 0 Å². The predicted octanol–water partition coefficient (Wildman–Crippen LogP) is -1.22. The van der Waals surface area contributed by atoms with Gasteiger partial charge < -0.3 is 16.1 Å². The second-order valence-corrected chi connectivity index (χ2v) is 1.88. The van der Waals surface area contributed by atoms with Crippen LogP contribution >= 0.6 is 0 Å². The van der Waals surface area contributed by atoms with Gasteiger partial charge in [-0.1, -0.05) is 0 Å². The number of anilines is 1. The summed E-state index contributed by atoms with van der Waals surface area (Å²) in [5.41, 5.74) is 5.91. The first kappa shape index (κ1) is 6.60. The van der Waals surface area contributed by atoms with Crippen LogP contribution in [0.5, 0.6) is 0 Å². The molecule has 4 N–H and O–H groups in total. The third-order valence-corrected chi connectivity index (χ3v) is 1.19. The number of nitrogen functional groups attached to an aromatic ring is 1. The zero-order valence-corrected chi connectivity index (χ0v) is 5.65. The number of rotatable bonds is 0. The number of nitrogens with two attached hydrogens (primary N) is 2. The van der Waals surface area contributed by atoms with E-state index in [2.05, 4.69) is 10.1 Å². The SMILES string of the molecule is Cn1ccnc(N)/c1=N/N. The van der Waals surface area contributed by atoms with E-state index in [1.54, 1.807) is 24.0 Å². The van der Waals surface area contributed by atoms with Crippen molar-refractivity contribution in [2.24, 2.45) is 18.0 Å². The van der Waals surface area contributed by atoms with Gasteiger partial charge in [-0.25, -0.2) is 4.98 Å². The van der Waals surface area contributed by atoms with Crippen molar-refractivity contribution < 1.29 is 0 Å². The van der Waals surface area contributed by atoms with Crippen LogP contribution < -0.4 is 17.1 Å². The van der Waals surface area contributed by atoms with Gasteiger partial charge in [-0.15, -0.1) is 0 Å². The van der Waals surface area contributed by atoms with Gasteiger partial charge in [0.05, 0.1) is 0 Å². The van der Waals surface area contributed by atoms with E-state index in [0.29, 0.717) is 11.3 Å². The van der Waals surface area contributed by atoms with Crippen molar-refractivity contribution >= 4 is 5.82 Å². The molecule has 0 aliphatic heterocycles. The molecule has 0 aliphatic carbocycles. The van der Waals surface area contributed by atoms with Gasteiger partial charge in [0.25, 0.3) is 0 Å². The molecule has 5 nitrogen and oxygen atoms in total. The minimum absolute atomic E-state index is 0.340. The zero-order chi connectivity index (χ0) is 7.56. The molecule has 0 aromatic carbocycles. The van der Waals surface area contributed by atoms with Gasteiger partial charge in [0.15, 0.2) is 11.3 Å². The molecule has 0 spiro atoms. The van der Waals surface area contributed by atoms with E-state index in [1.807, 2.05) is 0 Å². The highest BCUT2D eigenvalue weighted by molar-refractivity contribution is 5.21. The van der Waals surface area contributed by atoms with Crippen molar-refractivity contribution in [2.75, 3.05) is 5.73 Å². The van der Waals surface area contributed by atoms with Gasteiger partial charge in [-0.2, -0.15) is 5.10 Å². The second-order valence-electron chi connectivity index (χ2n) is 1.88. The average Bonchev–Trinajstić information content (AvgIpc) is 1.88. The average molecular weight is 139 g/mol. The molecule has 0 bridgehead atoms. The van der Waals surface area contributed by atoms with Crippen molar-refractivity contribution in [1.82, 2.24) is 9.55 Å². The summed E-state index contributed by atoms with van der Waals surface area (Å²) in [4.78, 5) is 3.79. The molecule has 5 heteroatoms. The molecule has 0 amide bonds. The van der Waals surface area contributed by atoms with Gasteiger partial charge in [0, 0.05) is 19.4 Å². The lowest BCUT2D eigenvalue weighted by Gasteiger charge is -1.98. The minimum Gasteiger partial charge on any atom is -0.381 e. The number of aromatic nitrogens is 2. The zero-order valence-electron chi connectivity index (χ0n) is 5.65. The summed E-state index contributed by atoms with van der Waals surface area (Å²) in [7, 11) is 1.80. The first-order valence-electron chi connectivity index (χ1n) is 2.76. The summed E-state index contributed by atoms with van der Waals surface area (Å²) in [6, 6.07) is 0. The van der Waals surface area contributed by atoms with E-state index >= 15 is 0 Å². The number of aryl methyl sites for hydroxylation is 1. The molecule has 0 aliphatic rings. The molecule has 0 saturated heterocycles. The fourth-order valence-electron chi connectivity index (χ4n) is 0.680. The predicted molar refractivity (Wildman–Crippen MR) is 37.4 cm³/mol. The van der Waals surface area contributed by atoms with Gasteiger partial charge in [0.1, 0.15) is 0 Å². The Bertz CT molecular complexity index is 263. The van der Waals surface area contributed by atoms with Crippen LogP contribution in [0.2, 0.25) is 0 Å². The summed E-state index contributed by atoms with van der Waals surface area (Å²) in [5.74, 6) is 5.38. The molecular formula is C5H9N5. The summed E-state index contributed by atoms with van der Waals surface area (Å²) < 4.78 is 1.70. The maximum absolute atomic E-state index is 5.43. The molecule has 1 aromatic heterocycles. The van der Waals surface area contributed by atoms with E-state index in [1.165, 1.54) is 0 Å². The smallest absolute Gasteiger partial charge is 0.194 e. The van der Waals surface area contributed by atoms with Crippen molar-refractivity contribution in [2.45, 2.75) is 0 Å². The highest BCUT2D eigenvalue weighted by Crippen LogP contribution is 1.81. The first-order valence-corrected chi connectivity index (χ1v) is 2.76. The Hall–Kier alpha value is -1.52. The monoisotopic (exact) mass is 139 g/mol. The molecule has 1 heterocycles. The van der Waals surface area contributed by atoms with Crippen LogP contribution in [-0.4, -0.2) is 9.55 Å². The van der Waals surface area contributed by atoms with Gasteiger partial charge >= 0.3 is 0 Å². The lowest BCUT2D eigenvalue weighted by Crippen LogP contribution is -2.24. The molecule has 0 unspecified atom stereocenters. The van der Waals surface area contributed by atoms with Gasteiger partial charge in [0.2, 0.25) is 0 Å². The Labute approximate surface area is 58.0 Å². The summed E-state index contributed by atoms with van der Waals surface area (Å²) in [5, 5.41) is 3.45. The third-order valence-electron chi connectivity index (χ3n) is 1.19. The lowest BCUT2D eigenvalue weighted by molar-refractivity contribution is 0.804. The van der Waals surface area contributed by atoms with Crippen LogP contribution in [0.1, 0.15) is 0 Å². The van der Waals surface area contributed by atoms with Crippen molar-refractivity contribution in [3.05, 3.63) is 17.9 Å². The fourth-order valence-corrected chi connectivity index (χ4v) is 0.680. The van der Waals surface area contributed by atoms with Crippen molar-refractivity contribution in [3.63, 3.8) is 0 Å². The molecule has 0 saturated carbocycles. The third kappa shape index (κ3) is 0.928. The molecule has 0 radical (unpaired) electrons. The van der Waals surface area contributed by atoms with Crippen LogP contribution in [0.3, 0.4) is 0 Å².